The van der Waals surface area contributed by atoms with Gasteiger partial charge in [-0.15, -0.1) is 0 Å². The third-order valence-electron chi connectivity index (χ3n) is 3.43. The molecule has 0 unspecified atom stereocenters. The summed E-state index contributed by atoms with van der Waals surface area (Å²) >= 11 is 6.03. The number of ketones is 1. The Morgan fingerprint density at radius 2 is 1.83 bits per heavy atom. The number of rotatable bonds is 4. The van der Waals surface area contributed by atoms with Crippen molar-refractivity contribution >= 4 is 34.8 Å². The van der Waals surface area contributed by atoms with Crippen LogP contribution in [-0.4, -0.2) is 15.8 Å². The van der Waals surface area contributed by atoms with Gasteiger partial charge in [-0.3, -0.25) is 4.79 Å². The molecule has 0 spiro atoms. The molecule has 3 rings (SSSR count). The van der Waals surface area contributed by atoms with Crippen molar-refractivity contribution in [1.82, 2.24) is 9.97 Å². The third kappa shape index (κ3) is 3.70. The SMILES string of the molecule is CC(=O)c1ccc(Nc2cc(-c3cccc(Cl)c3)nc(N)n2)cc1. The zero-order valence-electron chi connectivity index (χ0n) is 13.0. The largest absolute Gasteiger partial charge is 0.368 e. The fourth-order valence-electron chi connectivity index (χ4n) is 2.26. The molecule has 1 aromatic heterocycles. The van der Waals surface area contributed by atoms with Crippen molar-refractivity contribution in [3.8, 4) is 11.3 Å². The molecule has 24 heavy (non-hydrogen) atoms. The van der Waals surface area contributed by atoms with E-state index in [1.807, 2.05) is 30.3 Å². The van der Waals surface area contributed by atoms with Gasteiger partial charge in [0, 0.05) is 27.9 Å². The van der Waals surface area contributed by atoms with E-state index in [-0.39, 0.29) is 11.7 Å². The number of nitrogen functional groups attached to an aromatic ring is 1. The number of nitrogens with one attached hydrogen (secondary N) is 1. The highest BCUT2D eigenvalue weighted by Gasteiger charge is 2.06. The third-order valence-corrected chi connectivity index (χ3v) is 3.66. The number of nitrogens with two attached hydrogens (primary N) is 1. The molecule has 6 heteroatoms. The first kappa shape index (κ1) is 16.0. The lowest BCUT2D eigenvalue weighted by Crippen LogP contribution is -2.02. The van der Waals surface area contributed by atoms with Crippen LogP contribution >= 0.6 is 11.6 Å². The monoisotopic (exact) mass is 338 g/mol. The first-order valence-corrected chi connectivity index (χ1v) is 7.67. The average molecular weight is 339 g/mol. The van der Waals surface area contributed by atoms with E-state index in [1.165, 1.54) is 6.92 Å². The lowest BCUT2D eigenvalue weighted by Gasteiger charge is -2.09. The molecule has 0 amide bonds. The molecule has 0 bridgehead atoms. The van der Waals surface area contributed by atoms with Crippen molar-refractivity contribution in [2.75, 3.05) is 11.1 Å². The van der Waals surface area contributed by atoms with Gasteiger partial charge in [0.15, 0.2) is 5.78 Å². The minimum absolute atomic E-state index is 0.0241. The Morgan fingerprint density at radius 1 is 1.08 bits per heavy atom. The Hall–Kier alpha value is -2.92. The van der Waals surface area contributed by atoms with Crippen LogP contribution in [-0.2, 0) is 0 Å². The average Bonchev–Trinajstić information content (AvgIpc) is 2.55. The van der Waals surface area contributed by atoms with Gasteiger partial charge in [-0.1, -0.05) is 23.7 Å². The van der Waals surface area contributed by atoms with Gasteiger partial charge in [0.25, 0.3) is 0 Å². The van der Waals surface area contributed by atoms with Crippen molar-refractivity contribution in [2.24, 2.45) is 0 Å². The number of carbonyl (C=O) groups excluding carboxylic acids is 1. The summed E-state index contributed by atoms with van der Waals surface area (Å²) in [6.07, 6.45) is 0. The van der Waals surface area contributed by atoms with Gasteiger partial charge in [0.05, 0.1) is 5.69 Å². The van der Waals surface area contributed by atoms with Crippen LogP contribution < -0.4 is 11.1 Å². The molecule has 120 valence electrons. The van der Waals surface area contributed by atoms with E-state index in [4.69, 9.17) is 17.3 Å². The summed E-state index contributed by atoms with van der Waals surface area (Å²) in [4.78, 5) is 19.8. The Balaban J connectivity index is 1.90. The maximum atomic E-state index is 11.3. The van der Waals surface area contributed by atoms with Crippen molar-refractivity contribution in [3.63, 3.8) is 0 Å². The molecule has 0 atom stereocenters. The van der Waals surface area contributed by atoms with Crippen LogP contribution in [0.2, 0.25) is 5.02 Å². The molecular weight excluding hydrogens is 324 g/mol. The summed E-state index contributed by atoms with van der Waals surface area (Å²) in [7, 11) is 0. The lowest BCUT2D eigenvalue weighted by atomic mass is 10.1. The van der Waals surface area contributed by atoms with Crippen molar-refractivity contribution in [1.29, 1.82) is 0 Å². The Morgan fingerprint density at radius 3 is 2.50 bits per heavy atom. The first-order chi connectivity index (χ1) is 11.5. The van der Waals surface area contributed by atoms with Crippen LogP contribution in [0.4, 0.5) is 17.5 Å². The normalized spacial score (nSPS) is 10.4. The second kappa shape index (κ2) is 6.68. The van der Waals surface area contributed by atoms with Crippen molar-refractivity contribution in [2.45, 2.75) is 6.92 Å². The van der Waals surface area contributed by atoms with Crippen LogP contribution in [0.5, 0.6) is 0 Å². The van der Waals surface area contributed by atoms with Crippen LogP contribution in [0.25, 0.3) is 11.3 Å². The van der Waals surface area contributed by atoms with Crippen LogP contribution in [0.1, 0.15) is 17.3 Å². The summed E-state index contributed by atoms with van der Waals surface area (Å²) in [6, 6.07) is 16.3. The fourth-order valence-corrected chi connectivity index (χ4v) is 2.45. The predicted molar refractivity (Wildman–Crippen MR) is 96.6 cm³/mol. The topological polar surface area (TPSA) is 80.9 Å². The van der Waals surface area contributed by atoms with E-state index in [9.17, 15) is 4.79 Å². The number of hydrogen-bond donors (Lipinski definition) is 2. The van der Waals surface area contributed by atoms with Crippen LogP contribution in [0.3, 0.4) is 0 Å². The predicted octanol–water partition coefficient (Wildman–Crippen LogP) is 4.33. The van der Waals surface area contributed by atoms with Gasteiger partial charge in [-0.05, 0) is 43.3 Å². The molecule has 2 aromatic carbocycles. The molecule has 0 aliphatic carbocycles. The van der Waals surface area contributed by atoms with E-state index < -0.39 is 0 Å². The smallest absolute Gasteiger partial charge is 0.222 e. The number of hydrogen-bond acceptors (Lipinski definition) is 5. The number of aromatic nitrogens is 2. The zero-order valence-corrected chi connectivity index (χ0v) is 13.7. The molecule has 0 saturated carbocycles. The molecule has 5 nitrogen and oxygen atoms in total. The summed E-state index contributed by atoms with van der Waals surface area (Å²) < 4.78 is 0. The van der Waals surface area contributed by atoms with E-state index in [0.29, 0.717) is 22.1 Å². The van der Waals surface area contributed by atoms with Crippen LogP contribution in [0.15, 0.2) is 54.6 Å². The molecule has 0 radical (unpaired) electrons. The molecule has 0 aliphatic rings. The highest BCUT2D eigenvalue weighted by atomic mass is 35.5. The molecule has 1 heterocycles. The van der Waals surface area contributed by atoms with Gasteiger partial charge in [-0.25, -0.2) is 4.98 Å². The summed E-state index contributed by atoms with van der Waals surface area (Å²) in [6.45, 7) is 1.53. The van der Waals surface area contributed by atoms with Crippen molar-refractivity contribution < 1.29 is 4.79 Å². The molecular formula is C18H15ClN4O. The first-order valence-electron chi connectivity index (χ1n) is 7.30. The molecule has 0 saturated heterocycles. The number of anilines is 3. The Labute approximate surface area is 144 Å². The van der Waals surface area contributed by atoms with Gasteiger partial charge in [0.2, 0.25) is 5.95 Å². The number of halogens is 1. The minimum Gasteiger partial charge on any atom is -0.368 e. The number of Topliss-reactive ketones (excluding diaryl/α,β-unsaturated/α-hetero) is 1. The maximum Gasteiger partial charge on any atom is 0.222 e. The van der Waals surface area contributed by atoms with E-state index in [0.717, 1.165) is 11.3 Å². The van der Waals surface area contributed by atoms with E-state index >= 15 is 0 Å². The Kier molecular flexibility index (Phi) is 4.44. The standard InChI is InChI=1S/C18H15ClN4O/c1-11(24)12-5-7-15(8-6-12)21-17-10-16(22-18(20)23-17)13-3-2-4-14(19)9-13/h2-10H,1H3,(H3,20,21,22,23). The number of nitrogens with zero attached hydrogens (tertiary/aromatic N) is 2. The maximum absolute atomic E-state index is 11.3. The second-order valence-electron chi connectivity index (χ2n) is 5.27. The molecule has 3 aromatic rings. The molecule has 3 N–H and O–H groups in total. The highest BCUT2D eigenvalue weighted by molar-refractivity contribution is 6.30. The summed E-state index contributed by atoms with van der Waals surface area (Å²) in [5.74, 6) is 0.749. The highest BCUT2D eigenvalue weighted by Crippen LogP contribution is 2.25. The molecule has 0 fully saturated rings. The number of benzene rings is 2. The van der Waals surface area contributed by atoms with E-state index in [1.54, 1.807) is 24.3 Å². The lowest BCUT2D eigenvalue weighted by molar-refractivity contribution is 0.101. The van der Waals surface area contributed by atoms with Gasteiger partial charge >= 0.3 is 0 Å². The Bertz CT molecular complexity index is 894. The molecule has 0 aliphatic heterocycles. The summed E-state index contributed by atoms with van der Waals surface area (Å²) in [5, 5.41) is 3.78. The van der Waals surface area contributed by atoms with Crippen molar-refractivity contribution in [3.05, 3.63) is 65.2 Å². The summed E-state index contributed by atoms with van der Waals surface area (Å²) in [5.41, 5.74) is 8.80. The van der Waals surface area contributed by atoms with Gasteiger partial charge < -0.3 is 11.1 Å². The van der Waals surface area contributed by atoms with Gasteiger partial charge in [-0.2, -0.15) is 4.98 Å². The minimum atomic E-state index is 0.0241. The quantitative estimate of drug-likeness (QED) is 0.692. The fraction of sp³-hybridized carbons (Fsp3) is 0.0556. The van der Waals surface area contributed by atoms with Crippen LogP contribution in [0, 0.1) is 0 Å². The van der Waals surface area contributed by atoms with Gasteiger partial charge in [0.1, 0.15) is 5.82 Å². The zero-order chi connectivity index (χ0) is 17.1. The number of carbonyl (C=O) groups is 1. The second-order valence-corrected chi connectivity index (χ2v) is 5.70. The van der Waals surface area contributed by atoms with E-state index in [2.05, 4.69) is 15.3 Å².